The molecule has 1 heterocycles. The smallest absolute Gasteiger partial charge is 0.00684 e. The standard InChI is InChI=1S/C19H36N2/c1-3-4-17-9-12-21(13-17)15-19(14-20-18-5-6-18)10-7-16(2)8-11-19/h16-18,20H,3-15H2,1-2H3. The third kappa shape index (κ3) is 4.45. The molecular formula is C19H36N2. The predicted molar refractivity (Wildman–Crippen MR) is 90.5 cm³/mol. The SMILES string of the molecule is CCCC1CCN(CC2(CNC3CC3)CCC(C)CC2)C1. The van der Waals surface area contributed by atoms with Crippen LogP contribution in [0.4, 0.5) is 0 Å². The summed E-state index contributed by atoms with van der Waals surface area (Å²) < 4.78 is 0. The molecule has 0 aromatic heterocycles. The summed E-state index contributed by atoms with van der Waals surface area (Å²) in [6.07, 6.45) is 13.0. The number of nitrogens with one attached hydrogen (secondary N) is 1. The van der Waals surface area contributed by atoms with Gasteiger partial charge in [-0.1, -0.05) is 33.1 Å². The van der Waals surface area contributed by atoms with Gasteiger partial charge in [-0.25, -0.2) is 0 Å². The van der Waals surface area contributed by atoms with Crippen LogP contribution in [-0.4, -0.2) is 37.1 Å². The molecule has 3 aliphatic rings. The van der Waals surface area contributed by atoms with E-state index in [1.165, 1.54) is 84.0 Å². The zero-order valence-electron chi connectivity index (χ0n) is 14.4. The zero-order chi connectivity index (χ0) is 14.7. The van der Waals surface area contributed by atoms with Gasteiger partial charge in [-0.15, -0.1) is 0 Å². The van der Waals surface area contributed by atoms with Crippen LogP contribution in [0.1, 0.15) is 71.6 Å². The summed E-state index contributed by atoms with van der Waals surface area (Å²) in [5.41, 5.74) is 0.593. The molecule has 2 saturated carbocycles. The molecule has 0 aromatic rings. The first-order valence-electron chi connectivity index (χ1n) is 9.65. The van der Waals surface area contributed by atoms with E-state index in [1.54, 1.807) is 0 Å². The van der Waals surface area contributed by atoms with Crippen molar-refractivity contribution in [3.05, 3.63) is 0 Å². The molecule has 0 spiro atoms. The molecule has 2 heteroatoms. The van der Waals surface area contributed by atoms with Gasteiger partial charge in [0.1, 0.15) is 0 Å². The van der Waals surface area contributed by atoms with Gasteiger partial charge >= 0.3 is 0 Å². The normalized spacial score (nSPS) is 38.0. The van der Waals surface area contributed by atoms with Crippen molar-refractivity contribution in [2.45, 2.75) is 77.7 Å². The van der Waals surface area contributed by atoms with Crippen LogP contribution >= 0.6 is 0 Å². The Morgan fingerprint density at radius 3 is 2.52 bits per heavy atom. The fourth-order valence-corrected chi connectivity index (χ4v) is 4.59. The minimum atomic E-state index is 0.593. The summed E-state index contributed by atoms with van der Waals surface area (Å²) >= 11 is 0. The van der Waals surface area contributed by atoms with Gasteiger partial charge in [0, 0.05) is 25.7 Å². The average Bonchev–Trinajstić information content (AvgIpc) is 3.22. The Morgan fingerprint density at radius 1 is 1.10 bits per heavy atom. The van der Waals surface area contributed by atoms with Crippen LogP contribution in [0, 0.1) is 17.3 Å². The largest absolute Gasteiger partial charge is 0.313 e. The Labute approximate surface area is 132 Å². The highest BCUT2D eigenvalue weighted by Crippen LogP contribution is 2.40. The molecule has 0 aromatic carbocycles. The van der Waals surface area contributed by atoms with Gasteiger partial charge in [0.25, 0.3) is 0 Å². The molecule has 0 radical (unpaired) electrons. The molecule has 1 unspecified atom stereocenters. The van der Waals surface area contributed by atoms with E-state index < -0.39 is 0 Å². The average molecular weight is 293 g/mol. The van der Waals surface area contributed by atoms with Crippen molar-refractivity contribution in [1.82, 2.24) is 10.2 Å². The minimum absolute atomic E-state index is 0.593. The lowest BCUT2D eigenvalue weighted by Gasteiger charge is -2.42. The Kier molecular flexibility index (Phi) is 5.27. The van der Waals surface area contributed by atoms with Gasteiger partial charge in [0.15, 0.2) is 0 Å². The molecule has 1 saturated heterocycles. The molecule has 21 heavy (non-hydrogen) atoms. The highest BCUT2D eigenvalue weighted by molar-refractivity contribution is 4.93. The van der Waals surface area contributed by atoms with Crippen molar-refractivity contribution in [3.8, 4) is 0 Å². The molecule has 3 rings (SSSR count). The molecule has 122 valence electrons. The Morgan fingerprint density at radius 2 is 1.86 bits per heavy atom. The summed E-state index contributed by atoms with van der Waals surface area (Å²) in [6, 6.07) is 0.868. The molecule has 1 N–H and O–H groups in total. The highest BCUT2D eigenvalue weighted by Gasteiger charge is 2.38. The first-order chi connectivity index (χ1) is 10.2. The second-order valence-electron chi connectivity index (χ2n) is 8.52. The van der Waals surface area contributed by atoms with E-state index in [4.69, 9.17) is 0 Å². The summed E-state index contributed by atoms with van der Waals surface area (Å²) in [5.74, 6) is 1.96. The molecule has 0 bridgehead atoms. The summed E-state index contributed by atoms with van der Waals surface area (Å²) in [4.78, 5) is 2.81. The van der Waals surface area contributed by atoms with Crippen molar-refractivity contribution < 1.29 is 0 Å². The van der Waals surface area contributed by atoms with E-state index >= 15 is 0 Å². The molecule has 2 aliphatic carbocycles. The molecule has 1 aliphatic heterocycles. The Bertz CT molecular complexity index is 316. The lowest BCUT2D eigenvalue weighted by atomic mass is 9.70. The fraction of sp³-hybridized carbons (Fsp3) is 1.00. The lowest BCUT2D eigenvalue weighted by molar-refractivity contribution is 0.0956. The van der Waals surface area contributed by atoms with E-state index in [2.05, 4.69) is 24.1 Å². The zero-order valence-corrected chi connectivity index (χ0v) is 14.4. The molecular weight excluding hydrogens is 256 g/mol. The Balaban J connectivity index is 1.54. The van der Waals surface area contributed by atoms with E-state index in [1.807, 2.05) is 0 Å². The number of hydrogen-bond acceptors (Lipinski definition) is 2. The van der Waals surface area contributed by atoms with Gasteiger partial charge in [-0.05, 0) is 62.3 Å². The van der Waals surface area contributed by atoms with Gasteiger partial charge in [0.05, 0.1) is 0 Å². The van der Waals surface area contributed by atoms with Crippen LogP contribution in [0.2, 0.25) is 0 Å². The van der Waals surface area contributed by atoms with E-state index in [0.717, 1.165) is 17.9 Å². The number of likely N-dealkylation sites (tertiary alicyclic amines) is 1. The van der Waals surface area contributed by atoms with Crippen molar-refractivity contribution >= 4 is 0 Å². The number of rotatable bonds is 7. The molecule has 1 atom stereocenters. The maximum Gasteiger partial charge on any atom is 0.00684 e. The molecule has 3 fully saturated rings. The van der Waals surface area contributed by atoms with Crippen LogP contribution < -0.4 is 5.32 Å². The first kappa shape index (κ1) is 15.8. The molecule has 2 nitrogen and oxygen atoms in total. The van der Waals surface area contributed by atoms with Gasteiger partial charge in [-0.2, -0.15) is 0 Å². The van der Waals surface area contributed by atoms with Crippen molar-refractivity contribution in [1.29, 1.82) is 0 Å². The van der Waals surface area contributed by atoms with E-state index in [9.17, 15) is 0 Å². The minimum Gasteiger partial charge on any atom is -0.313 e. The van der Waals surface area contributed by atoms with Crippen molar-refractivity contribution in [3.63, 3.8) is 0 Å². The third-order valence-electron chi connectivity index (χ3n) is 6.30. The lowest BCUT2D eigenvalue weighted by Crippen LogP contribution is -2.46. The maximum absolute atomic E-state index is 3.87. The topological polar surface area (TPSA) is 15.3 Å². The number of hydrogen-bond donors (Lipinski definition) is 1. The second kappa shape index (κ2) is 7.00. The van der Waals surface area contributed by atoms with Crippen LogP contribution in [0.25, 0.3) is 0 Å². The van der Waals surface area contributed by atoms with Crippen LogP contribution in [0.5, 0.6) is 0 Å². The van der Waals surface area contributed by atoms with E-state index in [0.29, 0.717) is 5.41 Å². The number of nitrogens with zero attached hydrogens (tertiary/aromatic N) is 1. The highest BCUT2D eigenvalue weighted by atomic mass is 15.2. The maximum atomic E-state index is 3.87. The van der Waals surface area contributed by atoms with Crippen LogP contribution in [0.15, 0.2) is 0 Å². The van der Waals surface area contributed by atoms with Gasteiger partial charge < -0.3 is 10.2 Å². The monoisotopic (exact) mass is 292 g/mol. The summed E-state index contributed by atoms with van der Waals surface area (Å²) in [7, 11) is 0. The summed E-state index contributed by atoms with van der Waals surface area (Å²) in [6.45, 7) is 10.2. The van der Waals surface area contributed by atoms with Gasteiger partial charge in [0.2, 0.25) is 0 Å². The predicted octanol–water partition coefficient (Wildman–Crippen LogP) is 4.06. The van der Waals surface area contributed by atoms with Crippen LogP contribution in [0.3, 0.4) is 0 Å². The first-order valence-corrected chi connectivity index (χ1v) is 9.65. The second-order valence-corrected chi connectivity index (χ2v) is 8.52. The fourth-order valence-electron chi connectivity index (χ4n) is 4.59. The third-order valence-corrected chi connectivity index (χ3v) is 6.30. The molecule has 0 amide bonds. The summed E-state index contributed by atoms with van der Waals surface area (Å²) in [5, 5.41) is 3.87. The van der Waals surface area contributed by atoms with Crippen molar-refractivity contribution in [2.24, 2.45) is 17.3 Å². The van der Waals surface area contributed by atoms with E-state index in [-0.39, 0.29) is 0 Å². The Hall–Kier alpha value is -0.0800. The van der Waals surface area contributed by atoms with Gasteiger partial charge in [-0.3, -0.25) is 0 Å². The quantitative estimate of drug-likeness (QED) is 0.761. The van der Waals surface area contributed by atoms with Crippen molar-refractivity contribution in [2.75, 3.05) is 26.2 Å². The van der Waals surface area contributed by atoms with Crippen LogP contribution in [-0.2, 0) is 0 Å².